The number of halogens is 3. The van der Waals surface area contributed by atoms with Crippen molar-refractivity contribution in [3.8, 4) is 0 Å². The van der Waals surface area contributed by atoms with Gasteiger partial charge in [-0.15, -0.1) is 0 Å². The van der Waals surface area contributed by atoms with Gasteiger partial charge in [-0.2, -0.15) is 0 Å². The number of hydrogen-bond donors (Lipinski definition) is 1. The molecule has 4 rings (SSSR count). The van der Waals surface area contributed by atoms with Gasteiger partial charge in [0.2, 0.25) is 0 Å². The van der Waals surface area contributed by atoms with Gasteiger partial charge in [0.25, 0.3) is 11.8 Å². The van der Waals surface area contributed by atoms with Crippen LogP contribution in [0.1, 0.15) is 20.7 Å². The van der Waals surface area contributed by atoms with E-state index in [4.69, 9.17) is 34.8 Å². The highest BCUT2D eigenvalue weighted by atomic mass is 35.5. The van der Waals surface area contributed by atoms with E-state index < -0.39 is 0 Å². The highest BCUT2D eigenvalue weighted by molar-refractivity contribution is 6.37. The Morgan fingerprint density at radius 2 is 1.38 bits per heavy atom. The quantitative estimate of drug-likeness (QED) is 0.500. The van der Waals surface area contributed by atoms with Crippen LogP contribution in [-0.4, -0.2) is 42.9 Å². The molecule has 3 aromatic rings. The maximum Gasteiger partial charge on any atom is 0.257 e. The molecule has 0 bridgehead atoms. The van der Waals surface area contributed by atoms with Crippen LogP contribution in [-0.2, 0) is 0 Å². The highest BCUT2D eigenvalue weighted by Crippen LogP contribution is 2.24. The smallest absolute Gasteiger partial charge is 0.257 e. The van der Waals surface area contributed by atoms with E-state index in [0.29, 0.717) is 45.0 Å². The van der Waals surface area contributed by atoms with Crippen LogP contribution in [0.25, 0.3) is 0 Å². The molecule has 1 fully saturated rings. The molecule has 0 saturated carbocycles. The van der Waals surface area contributed by atoms with E-state index in [-0.39, 0.29) is 11.8 Å². The van der Waals surface area contributed by atoms with Crippen molar-refractivity contribution in [2.45, 2.75) is 0 Å². The van der Waals surface area contributed by atoms with E-state index in [9.17, 15) is 9.59 Å². The van der Waals surface area contributed by atoms with Crippen molar-refractivity contribution in [3.05, 3.63) is 92.9 Å². The van der Waals surface area contributed by atoms with Gasteiger partial charge in [0.1, 0.15) is 0 Å². The zero-order valence-corrected chi connectivity index (χ0v) is 19.3. The predicted molar refractivity (Wildman–Crippen MR) is 130 cm³/mol. The fourth-order valence-corrected chi connectivity index (χ4v) is 4.19. The molecule has 0 atom stereocenters. The number of carbonyl (C=O) groups is 2. The second-order valence-corrected chi connectivity index (χ2v) is 8.69. The lowest BCUT2D eigenvalue weighted by Crippen LogP contribution is -2.48. The third kappa shape index (κ3) is 5.18. The van der Waals surface area contributed by atoms with Gasteiger partial charge >= 0.3 is 0 Å². The Hall–Kier alpha value is -2.73. The number of amides is 2. The lowest BCUT2D eigenvalue weighted by molar-refractivity contribution is 0.0746. The summed E-state index contributed by atoms with van der Waals surface area (Å²) in [5.41, 5.74) is 2.71. The van der Waals surface area contributed by atoms with Gasteiger partial charge in [0.05, 0.1) is 10.6 Å². The van der Waals surface area contributed by atoms with Gasteiger partial charge in [-0.05, 0) is 66.7 Å². The summed E-state index contributed by atoms with van der Waals surface area (Å²) in [5.74, 6) is -0.283. The molecule has 1 saturated heterocycles. The fraction of sp³-hybridized carbons (Fsp3) is 0.167. The standard InChI is InChI=1S/C24H20Cl3N3O2/c25-17-3-1-16(2-4-17)24(32)30-13-11-29(12-14-30)20-8-6-19(7-9-20)28-23(31)21-10-5-18(26)15-22(21)27/h1-10,15H,11-14H2,(H,28,31). The summed E-state index contributed by atoms with van der Waals surface area (Å²) in [6.45, 7) is 2.72. The molecule has 0 unspecified atom stereocenters. The van der Waals surface area contributed by atoms with Gasteiger partial charge in [-0.25, -0.2) is 0 Å². The van der Waals surface area contributed by atoms with Crippen LogP contribution < -0.4 is 10.2 Å². The van der Waals surface area contributed by atoms with Crippen molar-refractivity contribution < 1.29 is 9.59 Å². The molecule has 0 aromatic heterocycles. The summed E-state index contributed by atoms with van der Waals surface area (Å²) in [6, 6.07) is 19.3. The first-order chi connectivity index (χ1) is 15.4. The molecule has 3 aromatic carbocycles. The van der Waals surface area contributed by atoms with Crippen LogP contribution in [0.4, 0.5) is 11.4 Å². The van der Waals surface area contributed by atoms with Crippen LogP contribution in [0, 0.1) is 0 Å². The van der Waals surface area contributed by atoms with Crippen LogP contribution in [0.2, 0.25) is 15.1 Å². The molecular weight excluding hydrogens is 469 g/mol. The maximum atomic E-state index is 12.7. The van der Waals surface area contributed by atoms with Gasteiger partial charge in [0.15, 0.2) is 0 Å². The van der Waals surface area contributed by atoms with Gasteiger partial charge in [0, 0.05) is 53.2 Å². The molecular formula is C24H20Cl3N3O2. The lowest BCUT2D eigenvalue weighted by atomic mass is 10.1. The number of anilines is 2. The SMILES string of the molecule is O=C(Nc1ccc(N2CCN(C(=O)c3ccc(Cl)cc3)CC2)cc1)c1ccc(Cl)cc1Cl. The van der Waals surface area contributed by atoms with E-state index in [1.807, 2.05) is 29.2 Å². The molecule has 164 valence electrons. The number of piperazine rings is 1. The van der Waals surface area contributed by atoms with E-state index in [0.717, 1.165) is 18.8 Å². The average molecular weight is 489 g/mol. The molecule has 0 aliphatic carbocycles. The Kier molecular flexibility index (Phi) is 6.89. The average Bonchev–Trinajstić information content (AvgIpc) is 2.80. The Labute approximate surface area is 201 Å². The zero-order valence-electron chi connectivity index (χ0n) is 17.0. The molecule has 0 radical (unpaired) electrons. The van der Waals surface area contributed by atoms with Crippen molar-refractivity contribution in [2.75, 3.05) is 36.4 Å². The Balaban J connectivity index is 1.34. The van der Waals surface area contributed by atoms with E-state index >= 15 is 0 Å². The predicted octanol–water partition coefficient (Wildman–Crippen LogP) is 5.86. The zero-order chi connectivity index (χ0) is 22.7. The molecule has 1 heterocycles. The fourth-order valence-electron chi connectivity index (χ4n) is 3.57. The Morgan fingerprint density at radius 3 is 2.00 bits per heavy atom. The van der Waals surface area contributed by atoms with E-state index in [1.54, 1.807) is 42.5 Å². The van der Waals surface area contributed by atoms with Crippen molar-refractivity contribution >= 4 is 58.0 Å². The van der Waals surface area contributed by atoms with Crippen LogP contribution in [0.3, 0.4) is 0 Å². The van der Waals surface area contributed by atoms with Crippen molar-refractivity contribution in [1.29, 1.82) is 0 Å². The van der Waals surface area contributed by atoms with Crippen LogP contribution in [0.15, 0.2) is 66.7 Å². The number of nitrogens with one attached hydrogen (secondary N) is 1. The van der Waals surface area contributed by atoms with Gasteiger partial charge in [-0.1, -0.05) is 34.8 Å². The Bertz CT molecular complexity index is 1130. The first-order valence-electron chi connectivity index (χ1n) is 10.1. The first-order valence-corrected chi connectivity index (χ1v) is 11.2. The van der Waals surface area contributed by atoms with Gasteiger partial charge in [-0.3, -0.25) is 9.59 Å². The Morgan fingerprint density at radius 1 is 0.750 bits per heavy atom. The maximum absolute atomic E-state index is 12.7. The number of carbonyl (C=O) groups excluding carboxylic acids is 2. The summed E-state index contributed by atoms with van der Waals surface area (Å²) in [7, 11) is 0. The minimum absolute atomic E-state index is 0.0141. The monoisotopic (exact) mass is 487 g/mol. The molecule has 2 amide bonds. The minimum atomic E-state index is -0.297. The third-order valence-corrected chi connectivity index (χ3v) is 6.12. The summed E-state index contributed by atoms with van der Waals surface area (Å²) in [4.78, 5) is 29.2. The number of nitrogens with zero attached hydrogens (tertiary/aromatic N) is 2. The van der Waals surface area contributed by atoms with E-state index in [1.165, 1.54) is 0 Å². The molecule has 5 nitrogen and oxygen atoms in total. The second kappa shape index (κ2) is 9.82. The minimum Gasteiger partial charge on any atom is -0.368 e. The molecule has 32 heavy (non-hydrogen) atoms. The normalized spacial score (nSPS) is 13.7. The topological polar surface area (TPSA) is 52.7 Å². The molecule has 0 spiro atoms. The summed E-state index contributed by atoms with van der Waals surface area (Å²) in [5, 5.41) is 4.24. The second-order valence-electron chi connectivity index (χ2n) is 7.41. The van der Waals surface area contributed by atoms with Crippen molar-refractivity contribution in [3.63, 3.8) is 0 Å². The molecule has 1 N–H and O–H groups in total. The largest absolute Gasteiger partial charge is 0.368 e. The summed E-state index contributed by atoms with van der Waals surface area (Å²) >= 11 is 17.9. The summed E-state index contributed by atoms with van der Waals surface area (Å²) in [6.07, 6.45) is 0. The van der Waals surface area contributed by atoms with Gasteiger partial charge < -0.3 is 15.1 Å². The van der Waals surface area contributed by atoms with Crippen molar-refractivity contribution in [1.82, 2.24) is 4.90 Å². The van der Waals surface area contributed by atoms with Crippen molar-refractivity contribution in [2.24, 2.45) is 0 Å². The molecule has 8 heteroatoms. The van der Waals surface area contributed by atoms with E-state index in [2.05, 4.69) is 10.2 Å². The summed E-state index contributed by atoms with van der Waals surface area (Å²) < 4.78 is 0. The number of hydrogen-bond acceptors (Lipinski definition) is 3. The van der Waals surface area contributed by atoms with Crippen LogP contribution >= 0.6 is 34.8 Å². The third-order valence-electron chi connectivity index (χ3n) is 5.32. The number of rotatable bonds is 4. The molecule has 1 aliphatic rings. The van der Waals surface area contributed by atoms with Crippen LogP contribution in [0.5, 0.6) is 0 Å². The molecule has 1 aliphatic heterocycles. The highest BCUT2D eigenvalue weighted by Gasteiger charge is 2.22. The lowest BCUT2D eigenvalue weighted by Gasteiger charge is -2.36. The first kappa shape index (κ1) is 22.5. The number of benzene rings is 3.